The third-order valence-electron chi connectivity index (χ3n) is 3.73. The number of anilines is 1. The lowest BCUT2D eigenvalue weighted by Crippen LogP contribution is -2.33. The number of nitrogens with one attached hydrogen (secondary N) is 1. The van der Waals surface area contributed by atoms with Gasteiger partial charge in [0.1, 0.15) is 18.3 Å². The number of benzene rings is 1. The molecule has 1 aromatic carbocycles. The summed E-state index contributed by atoms with van der Waals surface area (Å²) in [5.41, 5.74) is 1.16. The molecular weight excluding hydrogens is 333 g/mol. The number of imidazole rings is 1. The number of nitrogens with zero attached hydrogens (tertiary/aromatic N) is 2. The Kier molecular flexibility index (Phi) is 4.19. The summed E-state index contributed by atoms with van der Waals surface area (Å²) in [5, 5.41) is 33.0. The maximum absolute atomic E-state index is 10.2. The molecule has 1 aromatic heterocycles. The van der Waals surface area contributed by atoms with Crippen molar-refractivity contribution < 1.29 is 20.1 Å². The molecule has 1 aliphatic heterocycles. The molecule has 2 aromatic rings. The minimum absolute atomic E-state index is 0.338. The summed E-state index contributed by atoms with van der Waals surface area (Å²) in [6.45, 7) is -0.400. The lowest BCUT2D eigenvalue weighted by Gasteiger charge is -2.19. The maximum atomic E-state index is 10.2. The molecule has 0 unspecified atom stereocenters. The highest BCUT2D eigenvalue weighted by molar-refractivity contribution is 6.42. The van der Waals surface area contributed by atoms with E-state index in [1.807, 2.05) is 0 Å². The van der Waals surface area contributed by atoms with Crippen LogP contribution < -0.4 is 5.32 Å². The van der Waals surface area contributed by atoms with E-state index in [9.17, 15) is 15.3 Å². The van der Waals surface area contributed by atoms with Gasteiger partial charge in [-0.2, -0.15) is 0 Å². The Balaban J connectivity index is 2.15. The van der Waals surface area contributed by atoms with E-state index in [0.717, 1.165) is 0 Å². The predicted octanol–water partition coefficient (Wildman–Crippen LogP) is 0.996. The van der Waals surface area contributed by atoms with Crippen LogP contribution in [0.3, 0.4) is 0 Å². The molecule has 22 heavy (non-hydrogen) atoms. The Bertz CT molecular complexity index is 708. The van der Waals surface area contributed by atoms with Gasteiger partial charge in [-0.3, -0.25) is 4.57 Å². The van der Waals surface area contributed by atoms with E-state index in [2.05, 4.69) is 10.3 Å². The Labute approximate surface area is 136 Å². The first-order valence-corrected chi connectivity index (χ1v) is 7.40. The van der Waals surface area contributed by atoms with E-state index in [0.29, 0.717) is 27.0 Å². The first kappa shape index (κ1) is 15.8. The van der Waals surface area contributed by atoms with E-state index < -0.39 is 31.1 Å². The number of aliphatic hydroxyl groups excluding tert-OH is 3. The van der Waals surface area contributed by atoms with Crippen LogP contribution in [0.15, 0.2) is 12.1 Å². The van der Waals surface area contributed by atoms with Gasteiger partial charge in [-0.05, 0) is 12.1 Å². The molecule has 1 aliphatic rings. The van der Waals surface area contributed by atoms with Gasteiger partial charge < -0.3 is 25.4 Å². The van der Waals surface area contributed by atoms with Crippen molar-refractivity contribution in [2.45, 2.75) is 24.5 Å². The number of fused-ring (bicyclic) bond motifs is 1. The fourth-order valence-corrected chi connectivity index (χ4v) is 2.93. The average molecular weight is 348 g/mol. The minimum atomic E-state index is -1.21. The van der Waals surface area contributed by atoms with Crippen LogP contribution in [0.5, 0.6) is 0 Å². The highest BCUT2D eigenvalue weighted by Gasteiger charge is 2.44. The fourth-order valence-electron chi connectivity index (χ4n) is 2.62. The van der Waals surface area contributed by atoms with Gasteiger partial charge in [0.25, 0.3) is 0 Å². The Morgan fingerprint density at radius 1 is 1.27 bits per heavy atom. The average Bonchev–Trinajstić information content (AvgIpc) is 2.98. The van der Waals surface area contributed by atoms with Crippen LogP contribution in [-0.4, -0.2) is 56.8 Å². The third-order valence-corrected chi connectivity index (χ3v) is 4.45. The zero-order chi connectivity index (χ0) is 16.0. The summed E-state index contributed by atoms with van der Waals surface area (Å²) >= 11 is 12.0. The molecule has 7 nitrogen and oxygen atoms in total. The van der Waals surface area contributed by atoms with Gasteiger partial charge in [0.2, 0.25) is 5.95 Å². The Morgan fingerprint density at radius 2 is 1.95 bits per heavy atom. The lowest BCUT2D eigenvalue weighted by atomic mass is 10.1. The Hall–Kier alpha value is -1.09. The topological polar surface area (TPSA) is 99.8 Å². The van der Waals surface area contributed by atoms with Crippen molar-refractivity contribution >= 4 is 40.2 Å². The molecule has 0 spiro atoms. The summed E-state index contributed by atoms with van der Waals surface area (Å²) in [4.78, 5) is 4.36. The van der Waals surface area contributed by atoms with Gasteiger partial charge in [-0.15, -0.1) is 0 Å². The van der Waals surface area contributed by atoms with Crippen molar-refractivity contribution in [1.82, 2.24) is 9.55 Å². The SMILES string of the molecule is CNc1nc2cc(Cl)c(Cl)cc2n1[C@@H]1O[C@H](CO)[C@@H](O)[C@@H]1O. The van der Waals surface area contributed by atoms with E-state index >= 15 is 0 Å². The van der Waals surface area contributed by atoms with Gasteiger partial charge in [-0.25, -0.2) is 4.98 Å². The molecular formula is C13H15Cl2N3O4. The molecule has 0 amide bonds. The van der Waals surface area contributed by atoms with Crippen molar-refractivity contribution in [3.05, 3.63) is 22.2 Å². The van der Waals surface area contributed by atoms with Crippen LogP contribution in [0, 0.1) is 0 Å². The molecule has 1 saturated heterocycles. The van der Waals surface area contributed by atoms with Crippen LogP contribution >= 0.6 is 23.2 Å². The zero-order valence-electron chi connectivity index (χ0n) is 11.6. The molecule has 4 atom stereocenters. The second-order valence-corrected chi connectivity index (χ2v) is 5.85. The van der Waals surface area contributed by atoms with Crippen molar-refractivity contribution in [2.24, 2.45) is 0 Å². The van der Waals surface area contributed by atoms with Crippen LogP contribution in [-0.2, 0) is 4.74 Å². The fraction of sp³-hybridized carbons (Fsp3) is 0.462. The number of aliphatic hydroxyl groups is 3. The number of hydrogen-bond acceptors (Lipinski definition) is 6. The van der Waals surface area contributed by atoms with Gasteiger partial charge >= 0.3 is 0 Å². The monoisotopic (exact) mass is 347 g/mol. The second-order valence-electron chi connectivity index (χ2n) is 5.04. The summed E-state index contributed by atoms with van der Waals surface area (Å²) in [6, 6.07) is 3.22. The molecule has 2 heterocycles. The predicted molar refractivity (Wildman–Crippen MR) is 82.3 cm³/mol. The van der Waals surface area contributed by atoms with Crippen LogP contribution in [0.1, 0.15) is 6.23 Å². The normalized spacial score (nSPS) is 28.5. The quantitative estimate of drug-likeness (QED) is 0.660. The standard InChI is InChI=1S/C13H15Cl2N3O4/c1-16-13-17-7-2-5(14)6(15)3-8(7)18(13)12-11(21)10(20)9(4-19)22-12/h2-3,9-12,19-21H,4H2,1H3,(H,16,17)/t9-,10-,11+,12-/m1/s1. The first-order valence-electron chi connectivity index (χ1n) is 6.65. The van der Waals surface area contributed by atoms with E-state index in [-0.39, 0.29) is 0 Å². The van der Waals surface area contributed by atoms with E-state index in [1.54, 1.807) is 23.7 Å². The highest BCUT2D eigenvalue weighted by atomic mass is 35.5. The smallest absolute Gasteiger partial charge is 0.205 e. The Morgan fingerprint density at radius 3 is 2.55 bits per heavy atom. The molecule has 120 valence electrons. The maximum Gasteiger partial charge on any atom is 0.205 e. The van der Waals surface area contributed by atoms with Crippen LogP contribution in [0.2, 0.25) is 10.0 Å². The minimum Gasteiger partial charge on any atom is -0.394 e. The van der Waals surface area contributed by atoms with Gasteiger partial charge in [0.15, 0.2) is 6.23 Å². The van der Waals surface area contributed by atoms with Crippen LogP contribution in [0.4, 0.5) is 5.95 Å². The zero-order valence-corrected chi connectivity index (χ0v) is 13.1. The van der Waals surface area contributed by atoms with Crippen molar-refractivity contribution in [3.63, 3.8) is 0 Å². The number of halogens is 2. The molecule has 3 rings (SSSR count). The molecule has 0 saturated carbocycles. The molecule has 0 radical (unpaired) electrons. The molecule has 4 N–H and O–H groups in total. The third kappa shape index (κ3) is 2.34. The number of hydrogen-bond donors (Lipinski definition) is 4. The summed E-state index contributed by atoms with van der Waals surface area (Å²) in [5.74, 6) is 0.420. The molecule has 9 heteroatoms. The largest absolute Gasteiger partial charge is 0.394 e. The highest BCUT2D eigenvalue weighted by Crippen LogP contribution is 2.37. The van der Waals surface area contributed by atoms with E-state index in [1.165, 1.54) is 0 Å². The van der Waals surface area contributed by atoms with Crippen molar-refractivity contribution in [3.8, 4) is 0 Å². The van der Waals surface area contributed by atoms with Gasteiger partial charge in [-0.1, -0.05) is 23.2 Å². The van der Waals surface area contributed by atoms with Crippen molar-refractivity contribution in [2.75, 3.05) is 19.0 Å². The van der Waals surface area contributed by atoms with Crippen LogP contribution in [0.25, 0.3) is 11.0 Å². The number of rotatable bonds is 3. The second kappa shape index (κ2) is 5.84. The van der Waals surface area contributed by atoms with Gasteiger partial charge in [0, 0.05) is 7.05 Å². The molecule has 1 fully saturated rings. The summed E-state index contributed by atoms with van der Waals surface area (Å²) < 4.78 is 7.14. The van der Waals surface area contributed by atoms with Gasteiger partial charge in [0.05, 0.1) is 27.7 Å². The molecule has 0 bridgehead atoms. The lowest BCUT2D eigenvalue weighted by molar-refractivity contribution is -0.0499. The van der Waals surface area contributed by atoms with Crippen molar-refractivity contribution in [1.29, 1.82) is 0 Å². The van der Waals surface area contributed by atoms with E-state index in [4.69, 9.17) is 27.9 Å². The summed E-state index contributed by atoms with van der Waals surface area (Å²) in [6.07, 6.45) is -4.18. The molecule has 0 aliphatic carbocycles. The number of aromatic nitrogens is 2. The first-order chi connectivity index (χ1) is 10.5. The number of ether oxygens (including phenoxy) is 1. The summed E-state index contributed by atoms with van der Waals surface area (Å²) in [7, 11) is 1.67.